The fourth-order valence-electron chi connectivity index (χ4n) is 4.09. The third-order valence-corrected chi connectivity index (χ3v) is 5.98. The van der Waals surface area contributed by atoms with E-state index in [4.69, 9.17) is 4.74 Å². The Labute approximate surface area is 201 Å². The molecule has 0 unspecified atom stereocenters. The molecule has 1 N–H and O–H groups in total. The van der Waals surface area contributed by atoms with Crippen LogP contribution in [0.4, 0.5) is 4.39 Å². The molecule has 0 saturated carbocycles. The third kappa shape index (κ3) is 6.44. The van der Waals surface area contributed by atoms with Crippen LogP contribution in [0.25, 0.3) is 0 Å². The van der Waals surface area contributed by atoms with Gasteiger partial charge in [0, 0.05) is 43.8 Å². The lowest BCUT2D eigenvalue weighted by Gasteiger charge is -2.40. The average Bonchev–Trinajstić information content (AvgIpc) is 2.80. The number of halogens is 1. The van der Waals surface area contributed by atoms with Gasteiger partial charge in [-0.05, 0) is 75.2 Å². The predicted octanol–water partition coefficient (Wildman–Crippen LogP) is 4.11. The topological polar surface area (TPSA) is 61.9 Å². The number of carbonyl (C=O) groups excluding carboxylic acids is 2. The molecule has 1 heterocycles. The van der Waals surface area contributed by atoms with Crippen molar-refractivity contribution in [2.45, 2.75) is 45.9 Å². The zero-order valence-electron chi connectivity index (χ0n) is 20.4. The maximum atomic E-state index is 14.4. The highest BCUT2D eigenvalue weighted by atomic mass is 19.1. The van der Waals surface area contributed by atoms with Gasteiger partial charge in [-0.1, -0.05) is 18.7 Å². The molecule has 2 atom stereocenters. The SMILES string of the molecule is C=CC(=O)N1CCN(C[C@@H](Oc2ccc(C(=O)NC(C)C)cc2)c2ccc(C)c(F)c2)C[C@H]1C. The van der Waals surface area contributed by atoms with Gasteiger partial charge in [0.05, 0.1) is 0 Å². The molecule has 6 nitrogen and oxygen atoms in total. The molecule has 2 amide bonds. The number of nitrogens with one attached hydrogen (secondary N) is 1. The number of ether oxygens (including phenoxy) is 1. The summed E-state index contributed by atoms with van der Waals surface area (Å²) in [6.07, 6.45) is 0.928. The van der Waals surface area contributed by atoms with E-state index in [9.17, 15) is 14.0 Å². The van der Waals surface area contributed by atoms with Gasteiger partial charge in [-0.3, -0.25) is 14.5 Å². The van der Waals surface area contributed by atoms with E-state index in [0.29, 0.717) is 43.1 Å². The molecule has 1 saturated heterocycles. The van der Waals surface area contributed by atoms with Gasteiger partial charge in [-0.15, -0.1) is 0 Å². The molecule has 3 rings (SSSR count). The molecule has 1 fully saturated rings. The van der Waals surface area contributed by atoms with Crippen molar-refractivity contribution in [1.82, 2.24) is 15.1 Å². The minimum Gasteiger partial charge on any atom is -0.484 e. The first kappa shape index (κ1) is 25.4. The second-order valence-electron chi connectivity index (χ2n) is 9.11. The Morgan fingerprint density at radius 1 is 1.21 bits per heavy atom. The lowest BCUT2D eigenvalue weighted by Crippen LogP contribution is -2.54. The van der Waals surface area contributed by atoms with Crippen LogP contribution in [-0.4, -0.2) is 59.9 Å². The van der Waals surface area contributed by atoms with Crippen molar-refractivity contribution < 1.29 is 18.7 Å². The summed E-state index contributed by atoms with van der Waals surface area (Å²) in [5.74, 6) is 0.115. The number of carbonyl (C=O) groups is 2. The molecule has 0 spiro atoms. The largest absolute Gasteiger partial charge is 0.484 e. The van der Waals surface area contributed by atoms with E-state index in [1.54, 1.807) is 37.3 Å². The first-order valence-electron chi connectivity index (χ1n) is 11.7. The smallest absolute Gasteiger partial charge is 0.251 e. The summed E-state index contributed by atoms with van der Waals surface area (Å²) >= 11 is 0. The van der Waals surface area contributed by atoms with Crippen molar-refractivity contribution in [3.8, 4) is 5.75 Å². The van der Waals surface area contributed by atoms with Gasteiger partial charge in [0.1, 0.15) is 17.7 Å². The van der Waals surface area contributed by atoms with Gasteiger partial charge in [0.15, 0.2) is 0 Å². The van der Waals surface area contributed by atoms with Crippen molar-refractivity contribution in [3.05, 3.63) is 77.6 Å². The van der Waals surface area contributed by atoms with Crippen molar-refractivity contribution in [2.24, 2.45) is 0 Å². The highest BCUT2D eigenvalue weighted by Crippen LogP contribution is 2.26. The number of piperazine rings is 1. The number of nitrogens with zero attached hydrogens (tertiary/aromatic N) is 2. The fraction of sp³-hybridized carbons (Fsp3) is 0.407. The van der Waals surface area contributed by atoms with Crippen LogP contribution >= 0.6 is 0 Å². The first-order chi connectivity index (χ1) is 16.2. The van der Waals surface area contributed by atoms with Crippen molar-refractivity contribution in [3.63, 3.8) is 0 Å². The summed E-state index contributed by atoms with van der Waals surface area (Å²) < 4.78 is 20.7. The van der Waals surface area contributed by atoms with Crippen LogP contribution in [0.2, 0.25) is 0 Å². The molecule has 182 valence electrons. The Bertz CT molecular complexity index is 1020. The minimum atomic E-state index is -0.417. The van der Waals surface area contributed by atoms with Crippen LogP contribution < -0.4 is 10.1 Å². The molecular weight excluding hydrogens is 433 g/mol. The number of rotatable bonds is 8. The van der Waals surface area contributed by atoms with Crippen molar-refractivity contribution >= 4 is 11.8 Å². The number of benzene rings is 2. The Kier molecular flexibility index (Phi) is 8.45. The Morgan fingerprint density at radius 2 is 1.91 bits per heavy atom. The number of amides is 2. The second-order valence-corrected chi connectivity index (χ2v) is 9.11. The van der Waals surface area contributed by atoms with Crippen LogP contribution in [0.3, 0.4) is 0 Å². The Hall–Kier alpha value is -3.19. The second kappa shape index (κ2) is 11.3. The van der Waals surface area contributed by atoms with E-state index in [1.165, 1.54) is 12.1 Å². The highest BCUT2D eigenvalue weighted by Gasteiger charge is 2.28. The van der Waals surface area contributed by atoms with Gasteiger partial charge in [0.2, 0.25) is 5.91 Å². The van der Waals surface area contributed by atoms with E-state index in [0.717, 1.165) is 5.56 Å². The Balaban J connectivity index is 1.77. The van der Waals surface area contributed by atoms with E-state index in [2.05, 4.69) is 16.8 Å². The van der Waals surface area contributed by atoms with Crippen LogP contribution in [0.15, 0.2) is 55.1 Å². The van der Waals surface area contributed by atoms with E-state index in [1.807, 2.05) is 31.7 Å². The molecule has 7 heteroatoms. The van der Waals surface area contributed by atoms with Gasteiger partial charge >= 0.3 is 0 Å². The quantitative estimate of drug-likeness (QED) is 0.594. The van der Waals surface area contributed by atoms with Gasteiger partial charge in [-0.2, -0.15) is 0 Å². The summed E-state index contributed by atoms with van der Waals surface area (Å²) in [5, 5.41) is 2.87. The predicted molar refractivity (Wildman–Crippen MR) is 131 cm³/mol. The zero-order chi connectivity index (χ0) is 24.8. The van der Waals surface area contributed by atoms with E-state index in [-0.39, 0.29) is 29.7 Å². The molecule has 2 aromatic carbocycles. The molecule has 0 aromatic heterocycles. The molecule has 1 aliphatic heterocycles. The number of hydrogen-bond donors (Lipinski definition) is 1. The molecule has 0 aliphatic carbocycles. The van der Waals surface area contributed by atoms with Crippen molar-refractivity contribution in [1.29, 1.82) is 0 Å². The van der Waals surface area contributed by atoms with Crippen LogP contribution in [-0.2, 0) is 4.79 Å². The molecule has 1 aliphatic rings. The number of aryl methyl sites for hydroxylation is 1. The maximum Gasteiger partial charge on any atom is 0.251 e. The standard InChI is InChI=1S/C27H34FN3O3/c1-6-26(32)31-14-13-30(16-20(31)5)17-25(22-8-7-19(4)24(28)15-22)34-23-11-9-21(10-12-23)27(33)29-18(2)3/h6-12,15,18,20,25H,1,13-14,16-17H2,2-5H3,(H,29,33)/t20-,25-/m1/s1. The van der Waals surface area contributed by atoms with Gasteiger partial charge in [-0.25, -0.2) is 4.39 Å². The number of hydrogen-bond acceptors (Lipinski definition) is 4. The summed E-state index contributed by atoms with van der Waals surface area (Å²) in [6.45, 7) is 13.7. The normalized spacial score (nSPS) is 17.4. The zero-order valence-corrected chi connectivity index (χ0v) is 20.4. The molecule has 2 aromatic rings. The maximum absolute atomic E-state index is 14.4. The molecule has 34 heavy (non-hydrogen) atoms. The first-order valence-corrected chi connectivity index (χ1v) is 11.7. The van der Waals surface area contributed by atoms with Crippen LogP contribution in [0.5, 0.6) is 5.75 Å². The molecule has 0 radical (unpaired) electrons. The summed E-state index contributed by atoms with van der Waals surface area (Å²) in [7, 11) is 0. The lowest BCUT2D eigenvalue weighted by atomic mass is 10.0. The van der Waals surface area contributed by atoms with E-state index < -0.39 is 6.10 Å². The lowest BCUT2D eigenvalue weighted by molar-refractivity contribution is -0.130. The molecule has 0 bridgehead atoms. The van der Waals surface area contributed by atoms with Gasteiger partial charge < -0.3 is 15.0 Å². The summed E-state index contributed by atoms with van der Waals surface area (Å²) in [4.78, 5) is 28.3. The van der Waals surface area contributed by atoms with E-state index >= 15 is 0 Å². The van der Waals surface area contributed by atoms with Crippen LogP contribution in [0, 0.1) is 12.7 Å². The molecular formula is C27H34FN3O3. The van der Waals surface area contributed by atoms with Crippen LogP contribution in [0.1, 0.15) is 48.4 Å². The summed E-state index contributed by atoms with van der Waals surface area (Å²) in [5.41, 5.74) is 1.87. The van der Waals surface area contributed by atoms with Crippen molar-refractivity contribution in [2.75, 3.05) is 26.2 Å². The average molecular weight is 468 g/mol. The summed E-state index contributed by atoms with van der Waals surface area (Å²) in [6, 6.07) is 12.2. The highest BCUT2D eigenvalue weighted by molar-refractivity contribution is 5.94. The third-order valence-electron chi connectivity index (χ3n) is 5.98. The van der Waals surface area contributed by atoms with Gasteiger partial charge in [0.25, 0.3) is 5.91 Å². The Morgan fingerprint density at radius 3 is 2.50 bits per heavy atom. The monoisotopic (exact) mass is 467 g/mol. The minimum absolute atomic E-state index is 0.0356. The fourth-order valence-corrected chi connectivity index (χ4v) is 4.09.